The minimum atomic E-state index is 0.230. The van der Waals surface area contributed by atoms with Gasteiger partial charge >= 0.3 is 0 Å². The molecule has 15 heavy (non-hydrogen) atoms. The van der Waals surface area contributed by atoms with Crippen molar-refractivity contribution in [2.75, 3.05) is 0 Å². The lowest BCUT2D eigenvalue weighted by Gasteiger charge is -2.19. The van der Waals surface area contributed by atoms with E-state index >= 15 is 0 Å². The number of hydrogen-bond donors (Lipinski definition) is 0. The van der Waals surface area contributed by atoms with Crippen LogP contribution in [0.4, 0.5) is 0 Å². The minimum Gasteiger partial charge on any atom is -0.299 e. The molecular formula is C13H17NO. The molecule has 0 aromatic carbocycles. The summed E-state index contributed by atoms with van der Waals surface area (Å²) in [5.41, 5.74) is 2.10. The lowest BCUT2D eigenvalue weighted by molar-refractivity contribution is -0.124. The molecule has 1 unspecified atom stereocenters. The quantitative estimate of drug-likeness (QED) is 0.739. The van der Waals surface area contributed by atoms with Gasteiger partial charge in [0, 0.05) is 23.7 Å². The highest BCUT2D eigenvalue weighted by Crippen LogP contribution is 2.23. The molecule has 0 aliphatic heterocycles. The summed E-state index contributed by atoms with van der Waals surface area (Å²) in [6, 6.07) is 6.03. The predicted molar refractivity (Wildman–Crippen MR) is 59.6 cm³/mol. The van der Waals surface area contributed by atoms with Crippen molar-refractivity contribution in [2.45, 2.75) is 39.0 Å². The Bertz CT molecular complexity index is 359. The minimum absolute atomic E-state index is 0.230. The van der Waals surface area contributed by atoms with Gasteiger partial charge in [-0.1, -0.05) is 12.5 Å². The van der Waals surface area contributed by atoms with Gasteiger partial charge in [-0.3, -0.25) is 9.78 Å². The largest absolute Gasteiger partial charge is 0.299 e. The maximum absolute atomic E-state index is 11.7. The third kappa shape index (κ3) is 2.65. The number of carbonyl (C=O) groups excluding carboxylic acids is 1. The van der Waals surface area contributed by atoms with Crippen LogP contribution in [0.15, 0.2) is 18.2 Å². The third-order valence-electron chi connectivity index (χ3n) is 3.08. The van der Waals surface area contributed by atoms with Gasteiger partial charge in [0.2, 0.25) is 0 Å². The Morgan fingerprint density at radius 2 is 2.27 bits per heavy atom. The summed E-state index contributed by atoms with van der Waals surface area (Å²) >= 11 is 0. The van der Waals surface area contributed by atoms with Crippen LogP contribution in [-0.2, 0) is 11.2 Å². The average molecular weight is 203 g/mol. The van der Waals surface area contributed by atoms with E-state index in [1.807, 2.05) is 25.1 Å². The van der Waals surface area contributed by atoms with E-state index in [0.717, 1.165) is 37.1 Å². The van der Waals surface area contributed by atoms with Crippen LogP contribution in [0.2, 0.25) is 0 Å². The van der Waals surface area contributed by atoms with Gasteiger partial charge in [-0.2, -0.15) is 0 Å². The van der Waals surface area contributed by atoms with Crippen molar-refractivity contribution >= 4 is 5.78 Å². The van der Waals surface area contributed by atoms with E-state index in [0.29, 0.717) is 5.78 Å². The van der Waals surface area contributed by atoms with Gasteiger partial charge < -0.3 is 0 Å². The molecule has 0 N–H and O–H groups in total. The van der Waals surface area contributed by atoms with E-state index < -0.39 is 0 Å². The normalized spacial score (nSPS) is 21.7. The molecule has 0 amide bonds. The lowest BCUT2D eigenvalue weighted by Crippen LogP contribution is -2.21. The number of pyridine rings is 1. The van der Waals surface area contributed by atoms with Crippen molar-refractivity contribution in [3.63, 3.8) is 0 Å². The Labute approximate surface area is 90.7 Å². The third-order valence-corrected chi connectivity index (χ3v) is 3.08. The second kappa shape index (κ2) is 4.56. The number of Topliss-reactive ketones (excluding diaryl/α,β-unsaturated/α-hetero) is 1. The maximum atomic E-state index is 11.7. The molecule has 1 aromatic heterocycles. The zero-order chi connectivity index (χ0) is 10.7. The second-order valence-electron chi connectivity index (χ2n) is 4.38. The highest BCUT2D eigenvalue weighted by molar-refractivity contribution is 5.81. The van der Waals surface area contributed by atoms with Gasteiger partial charge in [0.15, 0.2) is 0 Å². The molecule has 2 heteroatoms. The van der Waals surface area contributed by atoms with Crippen LogP contribution >= 0.6 is 0 Å². The van der Waals surface area contributed by atoms with Gasteiger partial charge in [0.05, 0.1) is 0 Å². The van der Waals surface area contributed by atoms with Crippen LogP contribution in [0, 0.1) is 12.8 Å². The molecule has 2 nitrogen and oxygen atoms in total. The Hall–Kier alpha value is -1.18. The van der Waals surface area contributed by atoms with Crippen LogP contribution in [0.5, 0.6) is 0 Å². The van der Waals surface area contributed by atoms with E-state index in [2.05, 4.69) is 4.98 Å². The van der Waals surface area contributed by atoms with Crippen molar-refractivity contribution in [2.24, 2.45) is 5.92 Å². The molecule has 0 radical (unpaired) electrons. The summed E-state index contributed by atoms with van der Waals surface area (Å²) in [7, 11) is 0. The highest BCUT2D eigenvalue weighted by Gasteiger charge is 2.22. The SMILES string of the molecule is Cc1cccc(CC2CCCCC2=O)n1. The summed E-state index contributed by atoms with van der Waals surface area (Å²) in [6.45, 7) is 1.99. The van der Waals surface area contributed by atoms with Crippen molar-refractivity contribution in [3.8, 4) is 0 Å². The summed E-state index contributed by atoms with van der Waals surface area (Å²) in [4.78, 5) is 16.1. The van der Waals surface area contributed by atoms with Crippen molar-refractivity contribution in [1.29, 1.82) is 0 Å². The number of nitrogens with zero attached hydrogens (tertiary/aromatic N) is 1. The monoisotopic (exact) mass is 203 g/mol. The highest BCUT2D eigenvalue weighted by atomic mass is 16.1. The first-order chi connectivity index (χ1) is 7.25. The first kappa shape index (κ1) is 10.3. The number of ketones is 1. The van der Waals surface area contributed by atoms with Gasteiger partial charge in [-0.05, 0) is 38.3 Å². The number of carbonyl (C=O) groups is 1. The molecule has 1 heterocycles. The Morgan fingerprint density at radius 3 is 3.00 bits per heavy atom. The molecule has 1 atom stereocenters. The van der Waals surface area contributed by atoms with Crippen molar-refractivity contribution in [1.82, 2.24) is 4.98 Å². The van der Waals surface area contributed by atoms with E-state index in [4.69, 9.17) is 0 Å². The summed E-state index contributed by atoms with van der Waals surface area (Å²) in [6.07, 6.45) is 4.93. The van der Waals surface area contributed by atoms with Gasteiger partial charge in [-0.15, -0.1) is 0 Å². The number of rotatable bonds is 2. The molecule has 80 valence electrons. The maximum Gasteiger partial charge on any atom is 0.136 e. The van der Waals surface area contributed by atoms with Gasteiger partial charge in [0.25, 0.3) is 0 Å². The van der Waals surface area contributed by atoms with E-state index in [1.54, 1.807) is 0 Å². The number of hydrogen-bond acceptors (Lipinski definition) is 2. The number of aryl methyl sites for hydroxylation is 1. The van der Waals surface area contributed by atoms with Gasteiger partial charge in [-0.25, -0.2) is 0 Å². The molecular weight excluding hydrogens is 186 g/mol. The summed E-state index contributed by atoms with van der Waals surface area (Å²) in [5.74, 6) is 0.664. The van der Waals surface area contributed by atoms with Crippen LogP contribution in [0.25, 0.3) is 0 Å². The fourth-order valence-electron chi connectivity index (χ4n) is 2.24. The van der Waals surface area contributed by atoms with E-state index in [9.17, 15) is 4.79 Å². The molecule has 0 bridgehead atoms. The Balaban J connectivity index is 2.04. The molecule has 1 aliphatic carbocycles. The predicted octanol–water partition coefficient (Wildman–Crippen LogP) is 2.69. The topological polar surface area (TPSA) is 30.0 Å². The van der Waals surface area contributed by atoms with Crippen molar-refractivity contribution in [3.05, 3.63) is 29.6 Å². The molecule has 0 saturated heterocycles. The molecule has 0 spiro atoms. The lowest BCUT2D eigenvalue weighted by atomic mass is 9.85. The van der Waals surface area contributed by atoms with Gasteiger partial charge in [0.1, 0.15) is 5.78 Å². The van der Waals surface area contributed by atoms with E-state index in [1.165, 1.54) is 6.42 Å². The summed E-state index contributed by atoms with van der Waals surface area (Å²) in [5, 5.41) is 0. The molecule has 1 fully saturated rings. The van der Waals surface area contributed by atoms with Crippen LogP contribution in [0.1, 0.15) is 37.1 Å². The zero-order valence-electron chi connectivity index (χ0n) is 9.20. The van der Waals surface area contributed by atoms with E-state index in [-0.39, 0.29) is 5.92 Å². The molecule has 2 rings (SSSR count). The van der Waals surface area contributed by atoms with Crippen LogP contribution in [0.3, 0.4) is 0 Å². The molecule has 1 saturated carbocycles. The smallest absolute Gasteiger partial charge is 0.136 e. The standard InChI is InChI=1S/C13H17NO/c1-10-5-4-7-12(14-10)9-11-6-2-3-8-13(11)15/h4-5,7,11H,2-3,6,8-9H2,1H3. The molecule has 1 aromatic rings. The summed E-state index contributed by atoms with van der Waals surface area (Å²) < 4.78 is 0. The fourth-order valence-corrected chi connectivity index (χ4v) is 2.24. The first-order valence-electron chi connectivity index (χ1n) is 5.71. The number of aromatic nitrogens is 1. The zero-order valence-corrected chi connectivity index (χ0v) is 9.20. The fraction of sp³-hybridized carbons (Fsp3) is 0.538. The van der Waals surface area contributed by atoms with Crippen LogP contribution < -0.4 is 0 Å². The van der Waals surface area contributed by atoms with Crippen molar-refractivity contribution < 1.29 is 4.79 Å². The second-order valence-corrected chi connectivity index (χ2v) is 4.38. The Morgan fingerprint density at radius 1 is 1.40 bits per heavy atom. The van der Waals surface area contributed by atoms with Crippen LogP contribution in [-0.4, -0.2) is 10.8 Å². The average Bonchev–Trinajstić information content (AvgIpc) is 2.22. The first-order valence-corrected chi connectivity index (χ1v) is 5.71. The molecule has 1 aliphatic rings. The Kier molecular flexibility index (Phi) is 3.14.